The van der Waals surface area contributed by atoms with Crippen LogP contribution in [0.1, 0.15) is 80.3 Å². The number of aryl methyl sites for hydroxylation is 1. The van der Waals surface area contributed by atoms with Gasteiger partial charge in [-0.05, 0) is 117 Å². The summed E-state index contributed by atoms with van der Waals surface area (Å²) in [6.07, 6.45) is 7.47. The molecule has 2 aliphatic carbocycles. The molecule has 2 aromatic rings. The van der Waals surface area contributed by atoms with E-state index < -0.39 is 15.3 Å². The predicted octanol–water partition coefficient (Wildman–Crippen LogP) is 5.47. The Labute approximate surface area is 297 Å². The minimum atomic E-state index is -2.94. The second-order valence-electron chi connectivity index (χ2n) is 16.7. The zero-order chi connectivity index (χ0) is 34.2. The van der Waals surface area contributed by atoms with Gasteiger partial charge in [-0.2, -0.15) is 0 Å². The molecule has 4 aliphatic heterocycles. The van der Waals surface area contributed by atoms with Gasteiger partial charge in [0.2, 0.25) is 0 Å². The van der Waals surface area contributed by atoms with Crippen molar-refractivity contribution < 1.29 is 23.6 Å². The maximum Gasteiger partial charge on any atom is 0.262 e. The third-order valence-electron chi connectivity index (χ3n) is 13.2. The van der Waals surface area contributed by atoms with E-state index in [0.29, 0.717) is 36.5 Å². The van der Waals surface area contributed by atoms with Crippen LogP contribution in [0, 0.1) is 23.2 Å². The summed E-state index contributed by atoms with van der Waals surface area (Å²) in [5.41, 5.74) is 3.17. The smallest absolute Gasteiger partial charge is 0.262 e. The SMILES string of the molecule is C=S1(=O)NC(=O)c2ccc3c(c2)N(C[C@@H]2CC[C@H]2[C@](O)(CN2CC4(COC4)C2)CCC[C@H](C)[C@H]1C)C[C@@]1(CCCc2cc(Cl)ccc21)CO3. The van der Waals surface area contributed by atoms with Crippen LogP contribution in [0.4, 0.5) is 5.69 Å². The number of β-amino-alcohol motifs (C(OH)–C–C–N with tert-alkyl or cyclic N) is 1. The molecule has 2 N–H and O–H groups in total. The van der Waals surface area contributed by atoms with Crippen molar-refractivity contribution in [2.24, 2.45) is 23.2 Å². The van der Waals surface area contributed by atoms with Crippen LogP contribution >= 0.6 is 11.6 Å². The molecule has 10 heteroatoms. The van der Waals surface area contributed by atoms with E-state index in [1.54, 1.807) is 6.07 Å². The van der Waals surface area contributed by atoms with Gasteiger partial charge in [-0.15, -0.1) is 0 Å². The number of aliphatic hydroxyl groups is 1. The summed E-state index contributed by atoms with van der Waals surface area (Å²) in [4.78, 5) is 18.6. The third kappa shape index (κ3) is 6.09. The molecule has 2 aromatic carbocycles. The molecule has 1 unspecified atom stereocenters. The van der Waals surface area contributed by atoms with Crippen LogP contribution in [0.3, 0.4) is 0 Å². The monoisotopic (exact) mass is 709 g/mol. The van der Waals surface area contributed by atoms with Crippen molar-refractivity contribution in [3.63, 3.8) is 0 Å². The highest BCUT2D eigenvalue weighted by Gasteiger charge is 2.54. The number of rotatable bonds is 2. The number of carbonyl (C=O) groups is 1. The molecule has 2 bridgehead atoms. The Kier molecular flexibility index (Phi) is 8.58. The van der Waals surface area contributed by atoms with Crippen molar-refractivity contribution in [2.45, 2.75) is 81.5 Å². The lowest BCUT2D eigenvalue weighted by molar-refractivity contribution is -0.208. The topological polar surface area (TPSA) is 91.3 Å². The van der Waals surface area contributed by atoms with Gasteiger partial charge in [-0.1, -0.05) is 31.0 Å². The van der Waals surface area contributed by atoms with Crippen molar-refractivity contribution in [3.8, 4) is 5.75 Å². The molecule has 2 saturated heterocycles. The quantitative estimate of drug-likeness (QED) is 0.400. The van der Waals surface area contributed by atoms with E-state index >= 15 is 0 Å². The molecule has 3 fully saturated rings. The number of anilines is 1. The molecular weight excluding hydrogens is 658 g/mol. The number of amides is 1. The zero-order valence-electron chi connectivity index (χ0n) is 29.1. The second kappa shape index (κ2) is 12.4. The van der Waals surface area contributed by atoms with E-state index in [1.807, 2.05) is 25.1 Å². The van der Waals surface area contributed by atoms with E-state index in [9.17, 15) is 14.1 Å². The van der Waals surface area contributed by atoms with Gasteiger partial charge in [0, 0.05) is 59.4 Å². The minimum Gasteiger partial charge on any atom is -0.490 e. The normalized spacial score (nSPS) is 37.4. The fourth-order valence-corrected chi connectivity index (χ4v) is 11.7. The number of fused-ring (bicyclic) bond motifs is 4. The molecule has 1 saturated carbocycles. The van der Waals surface area contributed by atoms with Gasteiger partial charge in [0.15, 0.2) is 0 Å². The average molecular weight is 710 g/mol. The van der Waals surface area contributed by atoms with Crippen molar-refractivity contribution in [1.29, 1.82) is 0 Å². The van der Waals surface area contributed by atoms with Crippen molar-refractivity contribution in [2.75, 3.05) is 57.4 Å². The number of likely N-dealkylation sites (tertiary alicyclic amines) is 1. The first kappa shape index (κ1) is 33.8. The summed E-state index contributed by atoms with van der Waals surface area (Å²) in [5.74, 6) is 4.98. The van der Waals surface area contributed by atoms with Gasteiger partial charge in [-0.25, -0.2) is 4.21 Å². The van der Waals surface area contributed by atoms with Gasteiger partial charge in [0.1, 0.15) is 5.75 Å². The number of halogens is 1. The van der Waals surface area contributed by atoms with E-state index in [-0.39, 0.29) is 28.4 Å². The Morgan fingerprint density at radius 3 is 2.59 bits per heavy atom. The van der Waals surface area contributed by atoms with E-state index in [2.05, 4.69) is 39.4 Å². The Morgan fingerprint density at radius 1 is 1.04 bits per heavy atom. The standard InChI is InChI=1S/C39H52ClN3O5S/c1-26-6-4-15-39(45,22-42-19-37(20-42)23-47-24-37)33-11-8-30(33)18-43-21-38(14-5-7-28-16-31(40)10-12-32(28)38)25-48-35-13-9-29(17-34(35)43)36(44)41-49(3,46)27(26)2/h9-10,12-13,16-17,26-27,30,33,45H,3-8,11,14-15,18-25H2,1-2H3,(H,41,44,46)/t26-,27+,30-,33+,38-,39+,49?/m0/s1. The number of carbonyl (C=O) groups excluding carboxylic acids is 1. The van der Waals surface area contributed by atoms with E-state index in [1.165, 1.54) is 11.1 Å². The predicted molar refractivity (Wildman–Crippen MR) is 196 cm³/mol. The summed E-state index contributed by atoms with van der Waals surface area (Å²) in [7, 11) is -2.94. The summed E-state index contributed by atoms with van der Waals surface area (Å²) in [6, 6.07) is 11.9. The molecule has 0 aromatic heterocycles. The van der Waals surface area contributed by atoms with Gasteiger partial charge >= 0.3 is 0 Å². The highest BCUT2D eigenvalue weighted by Crippen LogP contribution is 2.50. The zero-order valence-corrected chi connectivity index (χ0v) is 30.6. The lowest BCUT2D eigenvalue weighted by atomic mass is 9.62. The van der Waals surface area contributed by atoms with Gasteiger partial charge < -0.3 is 19.5 Å². The fraction of sp³-hybridized carbons (Fsp3) is 0.641. The molecule has 266 valence electrons. The summed E-state index contributed by atoms with van der Waals surface area (Å²) >= 11 is 6.48. The van der Waals surface area contributed by atoms with Crippen LogP contribution in [0.5, 0.6) is 5.75 Å². The average Bonchev–Trinajstić information content (AvgIpc) is 3.15. The molecule has 8 rings (SSSR count). The molecule has 2 spiro atoms. The molecule has 4 heterocycles. The molecule has 1 amide bonds. The lowest BCUT2D eigenvalue weighted by Crippen LogP contribution is -2.69. The Morgan fingerprint density at radius 2 is 1.86 bits per heavy atom. The number of ether oxygens (including phenoxy) is 2. The van der Waals surface area contributed by atoms with Gasteiger partial charge in [-0.3, -0.25) is 14.4 Å². The first-order chi connectivity index (χ1) is 23.4. The molecule has 49 heavy (non-hydrogen) atoms. The molecule has 8 nitrogen and oxygen atoms in total. The summed E-state index contributed by atoms with van der Waals surface area (Å²) < 4.78 is 29.0. The second-order valence-corrected chi connectivity index (χ2v) is 19.5. The number of nitrogens with one attached hydrogen (secondary N) is 1. The number of hydrogen-bond donors (Lipinski definition) is 2. The van der Waals surface area contributed by atoms with Crippen molar-refractivity contribution in [1.82, 2.24) is 9.62 Å². The molecule has 6 aliphatic rings. The van der Waals surface area contributed by atoms with Crippen LogP contribution in [0.25, 0.3) is 0 Å². The van der Waals surface area contributed by atoms with Crippen molar-refractivity contribution >= 4 is 38.8 Å². The minimum absolute atomic E-state index is 0.0689. The number of benzene rings is 2. The maximum atomic E-state index is 13.9. The molecular formula is C39H52ClN3O5S. The van der Waals surface area contributed by atoms with E-state index in [0.717, 1.165) is 101 Å². The van der Waals surface area contributed by atoms with Crippen LogP contribution in [0.2, 0.25) is 5.02 Å². The Bertz CT molecular complexity index is 1720. The van der Waals surface area contributed by atoms with Gasteiger partial charge in [0.25, 0.3) is 5.91 Å². The van der Waals surface area contributed by atoms with Crippen LogP contribution in [0.15, 0.2) is 36.4 Å². The summed E-state index contributed by atoms with van der Waals surface area (Å²) in [6.45, 7) is 10.4. The third-order valence-corrected chi connectivity index (χ3v) is 15.7. The van der Waals surface area contributed by atoms with Crippen LogP contribution in [-0.2, 0) is 26.3 Å². The number of nitrogens with zero attached hydrogens (tertiary/aromatic N) is 2. The Balaban J connectivity index is 1.17. The van der Waals surface area contributed by atoms with Crippen LogP contribution in [-0.4, -0.2) is 89.4 Å². The highest BCUT2D eigenvalue weighted by atomic mass is 35.5. The summed E-state index contributed by atoms with van der Waals surface area (Å²) in [5, 5.41) is 13.2. The van der Waals surface area contributed by atoms with E-state index in [4.69, 9.17) is 21.1 Å². The molecule has 0 radical (unpaired) electrons. The maximum absolute atomic E-state index is 13.9. The van der Waals surface area contributed by atoms with Gasteiger partial charge in [0.05, 0.1) is 40.8 Å². The first-order valence-corrected chi connectivity index (χ1v) is 20.6. The highest BCUT2D eigenvalue weighted by molar-refractivity contribution is 7.99. The fourth-order valence-electron chi connectivity index (χ4n) is 10.0. The van der Waals surface area contributed by atoms with Crippen LogP contribution < -0.4 is 14.4 Å². The number of hydrogen-bond acceptors (Lipinski definition) is 7. The largest absolute Gasteiger partial charge is 0.490 e. The lowest BCUT2D eigenvalue weighted by Gasteiger charge is -2.58. The molecule has 7 atom stereocenters. The Hall–Kier alpha value is -2.30. The van der Waals surface area contributed by atoms with Crippen molar-refractivity contribution in [3.05, 3.63) is 58.1 Å². The first-order valence-electron chi connectivity index (χ1n) is 18.4.